The summed E-state index contributed by atoms with van der Waals surface area (Å²) < 4.78 is 5.07. The summed E-state index contributed by atoms with van der Waals surface area (Å²) in [5, 5.41) is 23.5. The maximum Gasteiger partial charge on any atom is 0.248 e. The van der Waals surface area contributed by atoms with Crippen LogP contribution in [-0.4, -0.2) is 34.7 Å². The summed E-state index contributed by atoms with van der Waals surface area (Å²) in [4.78, 5) is 23.5. The number of amides is 2. The van der Waals surface area contributed by atoms with Crippen molar-refractivity contribution < 1.29 is 24.2 Å². The van der Waals surface area contributed by atoms with Gasteiger partial charge in [-0.3, -0.25) is 9.59 Å². The van der Waals surface area contributed by atoms with E-state index >= 15 is 0 Å². The molecule has 0 unspecified atom stereocenters. The van der Waals surface area contributed by atoms with Crippen LogP contribution in [0.4, 0.5) is 11.4 Å². The number of carbonyl (C=O) groups is 2. The zero-order chi connectivity index (χ0) is 17.5. The highest BCUT2D eigenvalue weighted by Gasteiger charge is 2.14. The van der Waals surface area contributed by atoms with Crippen molar-refractivity contribution in [1.29, 1.82) is 0 Å². The van der Waals surface area contributed by atoms with E-state index in [1.54, 1.807) is 12.1 Å². The molecule has 0 spiro atoms. The molecule has 0 aliphatic rings. The quantitative estimate of drug-likeness (QED) is 0.303. The summed E-state index contributed by atoms with van der Waals surface area (Å²) in [6.07, 6.45) is 4.27. The number of furan rings is 1. The van der Waals surface area contributed by atoms with Gasteiger partial charge >= 0.3 is 0 Å². The Labute approximate surface area is 137 Å². The van der Waals surface area contributed by atoms with Crippen LogP contribution in [-0.2, 0) is 9.59 Å². The number of phenols is 1. The fourth-order valence-corrected chi connectivity index (χ4v) is 1.75. The number of anilines is 2. The van der Waals surface area contributed by atoms with Crippen LogP contribution in [0.25, 0.3) is 6.08 Å². The highest BCUT2D eigenvalue weighted by Crippen LogP contribution is 2.26. The first kappa shape index (κ1) is 17.3. The minimum absolute atomic E-state index is 0.0664. The summed E-state index contributed by atoms with van der Waals surface area (Å²) in [5.41, 5.74) is 5.81. The molecule has 0 aliphatic heterocycles. The molecule has 1 aromatic heterocycles. The maximum atomic E-state index is 11.8. The smallest absolute Gasteiger partial charge is 0.248 e. The van der Waals surface area contributed by atoms with Crippen LogP contribution < -0.4 is 16.4 Å². The largest absolute Gasteiger partial charge is 0.506 e. The molecule has 0 saturated carbocycles. The topological polar surface area (TPSA) is 138 Å². The van der Waals surface area contributed by atoms with Gasteiger partial charge in [0.05, 0.1) is 18.6 Å². The second-order valence-corrected chi connectivity index (χ2v) is 4.85. The Balaban J connectivity index is 2.04. The molecular weight excluding hydrogens is 314 g/mol. The van der Waals surface area contributed by atoms with Gasteiger partial charge in [0.1, 0.15) is 17.6 Å². The molecule has 2 rings (SSSR count). The first-order valence-electron chi connectivity index (χ1n) is 7.02. The van der Waals surface area contributed by atoms with E-state index in [-0.39, 0.29) is 11.4 Å². The van der Waals surface area contributed by atoms with Crippen molar-refractivity contribution in [2.45, 2.75) is 6.04 Å². The Morgan fingerprint density at radius 2 is 2.08 bits per heavy atom. The van der Waals surface area contributed by atoms with Crippen molar-refractivity contribution >= 4 is 29.3 Å². The summed E-state index contributed by atoms with van der Waals surface area (Å²) in [6.45, 7) is -0.527. The van der Waals surface area contributed by atoms with Gasteiger partial charge in [-0.1, -0.05) is 0 Å². The van der Waals surface area contributed by atoms with Crippen molar-refractivity contribution in [2.24, 2.45) is 5.73 Å². The fraction of sp³-hybridized carbons (Fsp3) is 0.125. The number of nitrogens with two attached hydrogens (primary N) is 1. The predicted molar refractivity (Wildman–Crippen MR) is 88.2 cm³/mol. The molecule has 1 aromatic carbocycles. The molecule has 8 heteroatoms. The van der Waals surface area contributed by atoms with Crippen molar-refractivity contribution in [1.82, 2.24) is 0 Å². The Hall–Kier alpha value is -3.10. The van der Waals surface area contributed by atoms with Gasteiger partial charge in [-0.05, 0) is 36.4 Å². The first-order valence-corrected chi connectivity index (χ1v) is 7.02. The highest BCUT2D eigenvalue weighted by molar-refractivity contribution is 6.03. The van der Waals surface area contributed by atoms with Gasteiger partial charge in [-0.15, -0.1) is 0 Å². The van der Waals surface area contributed by atoms with Gasteiger partial charge in [0.2, 0.25) is 11.8 Å². The number of benzene rings is 1. The Morgan fingerprint density at radius 1 is 1.29 bits per heavy atom. The van der Waals surface area contributed by atoms with Gasteiger partial charge in [0, 0.05) is 11.8 Å². The number of aromatic hydroxyl groups is 1. The summed E-state index contributed by atoms with van der Waals surface area (Å²) in [6, 6.07) is 6.43. The first-order chi connectivity index (χ1) is 11.5. The van der Waals surface area contributed by atoms with E-state index < -0.39 is 24.5 Å². The zero-order valence-electron chi connectivity index (χ0n) is 12.6. The molecule has 0 bridgehead atoms. The molecule has 2 amide bonds. The minimum Gasteiger partial charge on any atom is -0.506 e. The normalized spacial score (nSPS) is 12.1. The monoisotopic (exact) mass is 331 g/mol. The standard InChI is InChI=1S/C16H17N3O5/c17-12(9-20)16(23)19-13-8-10(3-5-14(13)21)18-15(22)6-4-11-2-1-7-24-11/h1-8,12,20-21H,9,17H2,(H,18,22)(H,19,23)/t12-/m0/s1. The Kier molecular flexibility index (Phi) is 5.72. The molecule has 126 valence electrons. The van der Waals surface area contributed by atoms with Crippen molar-refractivity contribution in [3.05, 3.63) is 48.4 Å². The van der Waals surface area contributed by atoms with Crippen LogP contribution in [0.3, 0.4) is 0 Å². The number of nitrogens with one attached hydrogen (secondary N) is 2. The second kappa shape index (κ2) is 7.95. The van der Waals surface area contributed by atoms with E-state index in [9.17, 15) is 14.7 Å². The van der Waals surface area contributed by atoms with E-state index in [0.717, 1.165) is 0 Å². The molecule has 0 radical (unpaired) electrons. The van der Waals surface area contributed by atoms with Crippen LogP contribution in [0.5, 0.6) is 5.75 Å². The minimum atomic E-state index is -1.11. The van der Waals surface area contributed by atoms with Crippen molar-refractivity contribution in [3.63, 3.8) is 0 Å². The van der Waals surface area contributed by atoms with Gasteiger partial charge in [-0.2, -0.15) is 0 Å². The predicted octanol–water partition coefficient (Wildman–Crippen LogP) is 0.895. The molecule has 1 heterocycles. The second-order valence-electron chi connectivity index (χ2n) is 4.85. The third kappa shape index (κ3) is 4.70. The number of aliphatic hydroxyl groups is 1. The molecule has 1 atom stereocenters. The number of carbonyl (C=O) groups excluding carboxylic acids is 2. The van der Waals surface area contributed by atoms with Gasteiger partial charge in [0.25, 0.3) is 0 Å². The Bertz CT molecular complexity index is 740. The van der Waals surface area contributed by atoms with E-state index in [4.69, 9.17) is 15.3 Å². The number of hydrogen-bond donors (Lipinski definition) is 5. The van der Waals surface area contributed by atoms with Gasteiger partial charge in [0.15, 0.2) is 0 Å². The molecule has 8 nitrogen and oxygen atoms in total. The van der Waals surface area contributed by atoms with Crippen LogP contribution >= 0.6 is 0 Å². The lowest BCUT2D eigenvalue weighted by Gasteiger charge is -2.12. The number of aliphatic hydroxyl groups excluding tert-OH is 1. The summed E-state index contributed by atoms with van der Waals surface area (Å²) in [7, 11) is 0. The third-order valence-electron chi connectivity index (χ3n) is 3.00. The van der Waals surface area contributed by atoms with Gasteiger partial charge in [-0.25, -0.2) is 0 Å². The van der Waals surface area contributed by atoms with Gasteiger partial charge < -0.3 is 31.0 Å². The lowest BCUT2D eigenvalue weighted by molar-refractivity contribution is -0.118. The Morgan fingerprint density at radius 3 is 2.75 bits per heavy atom. The molecular formula is C16H17N3O5. The number of phenolic OH excluding ortho intramolecular Hbond substituents is 1. The summed E-state index contributed by atoms with van der Waals surface area (Å²) in [5.74, 6) is -0.741. The fourth-order valence-electron chi connectivity index (χ4n) is 1.75. The highest BCUT2D eigenvalue weighted by atomic mass is 16.3. The molecule has 2 aromatic rings. The van der Waals surface area contributed by atoms with E-state index in [1.165, 1.54) is 36.6 Å². The molecule has 0 aliphatic carbocycles. The van der Waals surface area contributed by atoms with E-state index in [1.807, 2.05) is 0 Å². The van der Waals surface area contributed by atoms with E-state index in [0.29, 0.717) is 11.4 Å². The zero-order valence-corrected chi connectivity index (χ0v) is 12.6. The lowest BCUT2D eigenvalue weighted by Crippen LogP contribution is -2.38. The van der Waals surface area contributed by atoms with Crippen molar-refractivity contribution in [2.75, 3.05) is 17.2 Å². The van der Waals surface area contributed by atoms with E-state index in [2.05, 4.69) is 10.6 Å². The average Bonchev–Trinajstić information content (AvgIpc) is 3.08. The molecule has 6 N–H and O–H groups in total. The maximum absolute atomic E-state index is 11.8. The molecule has 0 fully saturated rings. The molecule has 0 saturated heterocycles. The van der Waals surface area contributed by atoms with Crippen LogP contribution in [0.1, 0.15) is 5.76 Å². The SMILES string of the molecule is N[C@@H](CO)C(=O)Nc1cc(NC(=O)C=Cc2ccco2)ccc1O. The van der Waals surface area contributed by atoms with Crippen LogP contribution in [0.2, 0.25) is 0 Å². The van der Waals surface area contributed by atoms with Crippen molar-refractivity contribution in [3.8, 4) is 5.75 Å². The van der Waals surface area contributed by atoms with Crippen LogP contribution in [0.15, 0.2) is 47.1 Å². The third-order valence-corrected chi connectivity index (χ3v) is 3.00. The number of rotatable bonds is 6. The average molecular weight is 331 g/mol. The molecule has 24 heavy (non-hydrogen) atoms. The summed E-state index contributed by atoms with van der Waals surface area (Å²) >= 11 is 0. The lowest BCUT2D eigenvalue weighted by atomic mass is 10.2. The number of hydrogen-bond acceptors (Lipinski definition) is 6. The van der Waals surface area contributed by atoms with Crippen LogP contribution in [0, 0.1) is 0 Å².